The van der Waals surface area contributed by atoms with Crippen molar-refractivity contribution in [2.75, 3.05) is 6.67 Å². The normalized spacial score (nSPS) is 10.7. The first-order valence-corrected chi connectivity index (χ1v) is 3.60. The van der Waals surface area contributed by atoms with Crippen molar-refractivity contribution in [3.05, 3.63) is 35.4 Å². The third kappa shape index (κ3) is 2.16. The van der Waals surface area contributed by atoms with Crippen LogP contribution in [0.5, 0.6) is 0 Å². The van der Waals surface area contributed by atoms with Gasteiger partial charge in [-0.15, -0.1) is 0 Å². The van der Waals surface area contributed by atoms with E-state index in [2.05, 4.69) is 18.0 Å². The Bertz CT molecular complexity index is 253. The second-order valence-electron chi connectivity index (χ2n) is 2.35. The van der Waals surface area contributed by atoms with Crippen LogP contribution in [0, 0.1) is 6.92 Å². The number of aliphatic imine (C=N–C) groups is 1. The molecule has 0 aromatic heterocycles. The molecule has 0 aliphatic rings. The van der Waals surface area contributed by atoms with Gasteiger partial charge >= 0.3 is 0 Å². The molecule has 2 heteroatoms. The standard InChI is InChI=1S/C9H12N2/c1-8-4-2-3-5-9(8)6-11-7-10/h2-6H,7,10H2,1H3/b11-6+. The molecule has 0 atom stereocenters. The van der Waals surface area contributed by atoms with Crippen molar-refractivity contribution in [1.29, 1.82) is 0 Å². The minimum atomic E-state index is 0.355. The van der Waals surface area contributed by atoms with Gasteiger partial charge in [0.15, 0.2) is 0 Å². The maximum atomic E-state index is 5.23. The fourth-order valence-corrected chi connectivity index (χ4v) is 0.883. The van der Waals surface area contributed by atoms with E-state index in [1.54, 1.807) is 6.21 Å². The smallest absolute Gasteiger partial charge is 0.0859 e. The van der Waals surface area contributed by atoms with Crippen molar-refractivity contribution in [2.45, 2.75) is 6.92 Å². The zero-order valence-electron chi connectivity index (χ0n) is 6.62. The number of nitrogens with zero attached hydrogens (tertiary/aromatic N) is 1. The molecule has 0 fully saturated rings. The Labute approximate surface area is 66.8 Å². The van der Waals surface area contributed by atoms with E-state index in [0.29, 0.717) is 6.67 Å². The molecule has 0 radical (unpaired) electrons. The Hall–Kier alpha value is -1.15. The molecule has 0 aliphatic carbocycles. The Morgan fingerprint density at radius 1 is 1.45 bits per heavy atom. The molecule has 58 valence electrons. The molecule has 0 saturated carbocycles. The molecule has 1 rings (SSSR count). The van der Waals surface area contributed by atoms with Crippen LogP contribution in [-0.2, 0) is 0 Å². The van der Waals surface area contributed by atoms with Crippen molar-refractivity contribution in [2.24, 2.45) is 10.7 Å². The van der Waals surface area contributed by atoms with Gasteiger partial charge in [-0.2, -0.15) is 0 Å². The van der Waals surface area contributed by atoms with Gasteiger partial charge in [0.2, 0.25) is 0 Å². The predicted octanol–water partition coefficient (Wildman–Crippen LogP) is 1.33. The number of rotatable bonds is 2. The van der Waals surface area contributed by atoms with Gasteiger partial charge in [-0.1, -0.05) is 24.3 Å². The monoisotopic (exact) mass is 148 g/mol. The first-order valence-electron chi connectivity index (χ1n) is 3.60. The third-order valence-electron chi connectivity index (χ3n) is 1.52. The predicted molar refractivity (Wildman–Crippen MR) is 47.8 cm³/mol. The van der Waals surface area contributed by atoms with Crippen LogP contribution in [0.2, 0.25) is 0 Å². The molecule has 0 amide bonds. The van der Waals surface area contributed by atoms with Crippen molar-refractivity contribution in [3.63, 3.8) is 0 Å². The first-order chi connectivity index (χ1) is 5.34. The van der Waals surface area contributed by atoms with Gasteiger partial charge in [-0.3, -0.25) is 4.99 Å². The van der Waals surface area contributed by atoms with Gasteiger partial charge in [0, 0.05) is 6.21 Å². The molecule has 0 unspecified atom stereocenters. The summed E-state index contributed by atoms with van der Waals surface area (Å²) < 4.78 is 0. The lowest BCUT2D eigenvalue weighted by Crippen LogP contribution is -1.95. The Balaban J connectivity index is 2.86. The Morgan fingerprint density at radius 3 is 2.82 bits per heavy atom. The van der Waals surface area contributed by atoms with E-state index in [4.69, 9.17) is 5.73 Å². The highest BCUT2D eigenvalue weighted by Crippen LogP contribution is 2.02. The van der Waals surface area contributed by atoms with Crippen LogP contribution in [0.3, 0.4) is 0 Å². The lowest BCUT2D eigenvalue weighted by molar-refractivity contribution is 1.08. The summed E-state index contributed by atoms with van der Waals surface area (Å²) in [6.07, 6.45) is 1.80. The number of benzene rings is 1. The maximum absolute atomic E-state index is 5.23. The largest absolute Gasteiger partial charge is 0.312 e. The van der Waals surface area contributed by atoms with Crippen LogP contribution in [0.25, 0.3) is 0 Å². The van der Waals surface area contributed by atoms with Crippen molar-refractivity contribution >= 4 is 6.21 Å². The number of aryl methyl sites for hydroxylation is 1. The lowest BCUT2D eigenvalue weighted by atomic mass is 10.1. The minimum absolute atomic E-state index is 0.355. The quantitative estimate of drug-likeness (QED) is 0.631. The van der Waals surface area contributed by atoms with Crippen LogP contribution in [0.15, 0.2) is 29.3 Å². The van der Waals surface area contributed by atoms with Gasteiger partial charge in [0.1, 0.15) is 0 Å². The highest BCUT2D eigenvalue weighted by molar-refractivity contribution is 5.81. The highest BCUT2D eigenvalue weighted by atomic mass is 14.8. The summed E-state index contributed by atoms with van der Waals surface area (Å²) in [7, 11) is 0. The molecule has 0 bridgehead atoms. The van der Waals surface area contributed by atoms with Crippen LogP contribution < -0.4 is 5.73 Å². The second kappa shape index (κ2) is 3.88. The molecule has 11 heavy (non-hydrogen) atoms. The minimum Gasteiger partial charge on any atom is -0.312 e. The molecule has 1 aromatic rings. The Kier molecular flexibility index (Phi) is 2.81. The molecule has 0 saturated heterocycles. The fraction of sp³-hybridized carbons (Fsp3) is 0.222. The van der Waals surface area contributed by atoms with Crippen LogP contribution >= 0.6 is 0 Å². The van der Waals surface area contributed by atoms with Crippen molar-refractivity contribution in [1.82, 2.24) is 0 Å². The number of hydrogen-bond donors (Lipinski definition) is 1. The molecule has 2 N–H and O–H groups in total. The van der Waals surface area contributed by atoms with Gasteiger partial charge < -0.3 is 5.73 Å². The second-order valence-corrected chi connectivity index (χ2v) is 2.35. The lowest BCUT2D eigenvalue weighted by Gasteiger charge is -1.96. The van der Waals surface area contributed by atoms with E-state index >= 15 is 0 Å². The molecular formula is C9H12N2. The maximum Gasteiger partial charge on any atom is 0.0859 e. The average molecular weight is 148 g/mol. The average Bonchev–Trinajstić information content (AvgIpc) is 2.03. The summed E-state index contributed by atoms with van der Waals surface area (Å²) in [4.78, 5) is 3.96. The molecular weight excluding hydrogens is 136 g/mol. The van der Waals surface area contributed by atoms with Crippen molar-refractivity contribution < 1.29 is 0 Å². The van der Waals surface area contributed by atoms with Crippen LogP contribution in [-0.4, -0.2) is 12.9 Å². The SMILES string of the molecule is Cc1ccccc1/C=N/CN. The topological polar surface area (TPSA) is 38.4 Å². The molecule has 1 aromatic carbocycles. The van der Waals surface area contributed by atoms with E-state index < -0.39 is 0 Å². The first kappa shape index (κ1) is 7.95. The molecule has 0 aliphatic heterocycles. The molecule has 2 nitrogen and oxygen atoms in total. The van der Waals surface area contributed by atoms with E-state index in [0.717, 1.165) is 5.56 Å². The van der Waals surface area contributed by atoms with E-state index in [1.165, 1.54) is 5.56 Å². The third-order valence-corrected chi connectivity index (χ3v) is 1.52. The summed E-state index contributed by atoms with van der Waals surface area (Å²) in [6, 6.07) is 8.08. The van der Waals surface area contributed by atoms with Gasteiger partial charge in [-0.25, -0.2) is 0 Å². The molecule has 0 spiro atoms. The van der Waals surface area contributed by atoms with E-state index in [9.17, 15) is 0 Å². The number of hydrogen-bond acceptors (Lipinski definition) is 2. The zero-order chi connectivity index (χ0) is 8.10. The summed E-state index contributed by atoms with van der Waals surface area (Å²) >= 11 is 0. The van der Waals surface area contributed by atoms with Gasteiger partial charge in [-0.05, 0) is 18.1 Å². The summed E-state index contributed by atoms with van der Waals surface area (Å²) in [6.45, 7) is 2.41. The summed E-state index contributed by atoms with van der Waals surface area (Å²) in [5.74, 6) is 0. The highest BCUT2D eigenvalue weighted by Gasteiger charge is 1.89. The van der Waals surface area contributed by atoms with Crippen LogP contribution in [0.4, 0.5) is 0 Å². The van der Waals surface area contributed by atoms with E-state index in [-0.39, 0.29) is 0 Å². The van der Waals surface area contributed by atoms with Crippen LogP contribution in [0.1, 0.15) is 11.1 Å². The van der Waals surface area contributed by atoms with E-state index in [1.807, 2.05) is 18.2 Å². The summed E-state index contributed by atoms with van der Waals surface area (Å²) in [5.41, 5.74) is 7.59. The number of nitrogens with two attached hydrogens (primary N) is 1. The van der Waals surface area contributed by atoms with Crippen molar-refractivity contribution in [3.8, 4) is 0 Å². The Morgan fingerprint density at radius 2 is 2.18 bits per heavy atom. The zero-order valence-corrected chi connectivity index (χ0v) is 6.62. The molecule has 0 heterocycles. The van der Waals surface area contributed by atoms with Gasteiger partial charge in [0.25, 0.3) is 0 Å². The summed E-state index contributed by atoms with van der Waals surface area (Å²) in [5, 5.41) is 0. The van der Waals surface area contributed by atoms with Gasteiger partial charge in [0.05, 0.1) is 6.67 Å². The fourth-order valence-electron chi connectivity index (χ4n) is 0.883.